The first-order valence-electron chi connectivity index (χ1n) is 8.38. The molecular formula is C17H23F2N3O2. The number of amides is 1. The second-order valence-corrected chi connectivity index (χ2v) is 6.31. The van der Waals surface area contributed by atoms with Gasteiger partial charge in [0.25, 0.3) is 0 Å². The summed E-state index contributed by atoms with van der Waals surface area (Å²) in [4.78, 5) is 16.3. The van der Waals surface area contributed by atoms with E-state index < -0.39 is 11.6 Å². The average molecular weight is 339 g/mol. The van der Waals surface area contributed by atoms with Crippen LogP contribution in [0.3, 0.4) is 0 Å². The zero-order valence-electron chi connectivity index (χ0n) is 13.6. The Kier molecular flexibility index (Phi) is 5.76. The lowest BCUT2D eigenvalue weighted by Crippen LogP contribution is -2.50. The van der Waals surface area contributed by atoms with E-state index in [1.54, 1.807) is 6.07 Å². The van der Waals surface area contributed by atoms with Gasteiger partial charge < -0.3 is 15.0 Å². The molecule has 1 N–H and O–H groups in total. The molecule has 24 heavy (non-hydrogen) atoms. The molecule has 1 aromatic rings. The maximum absolute atomic E-state index is 13.3. The number of carbonyl (C=O) groups is 1. The summed E-state index contributed by atoms with van der Waals surface area (Å²) in [6, 6.07) is 3.99. The molecular weight excluding hydrogens is 316 g/mol. The molecule has 0 bridgehead atoms. The zero-order chi connectivity index (χ0) is 16.9. The predicted octanol–water partition coefficient (Wildman–Crippen LogP) is 0.987. The van der Waals surface area contributed by atoms with Crippen molar-refractivity contribution in [2.45, 2.75) is 19.1 Å². The van der Waals surface area contributed by atoms with Crippen LogP contribution in [0.1, 0.15) is 12.0 Å². The van der Waals surface area contributed by atoms with Crippen molar-refractivity contribution in [3.05, 3.63) is 35.4 Å². The van der Waals surface area contributed by atoms with Gasteiger partial charge in [0.15, 0.2) is 11.6 Å². The molecule has 0 radical (unpaired) electrons. The lowest BCUT2D eigenvalue weighted by Gasteiger charge is -2.35. The van der Waals surface area contributed by atoms with E-state index in [4.69, 9.17) is 4.74 Å². The van der Waals surface area contributed by atoms with E-state index >= 15 is 0 Å². The lowest BCUT2D eigenvalue weighted by molar-refractivity contribution is -0.136. The maximum Gasteiger partial charge on any atom is 0.225 e. The number of hydrogen-bond donors (Lipinski definition) is 1. The molecule has 0 spiro atoms. The first-order chi connectivity index (χ1) is 11.6. The SMILES string of the molecule is O=C(C[C@H]1CNCCO1)N1CCN(Cc2ccc(F)c(F)c2)CC1. The van der Waals surface area contributed by atoms with Gasteiger partial charge in [0.1, 0.15) is 0 Å². The van der Waals surface area contributed by atoms with Gasteiger partial charge in [0, 0.05) is 45.8 Å². The molecule has 1 amide bonds. The molecule has 2 saturated heterocycles. The van der Waals surface area contributed by atoms with Gasteiger partial charge in [0.2, 0.25) is 5.91 Å². The van der Waals surface area contributed by atoms with Crippen molar-refractivity contribution < 1.29 is 18.3 Å². The summed E-state index contributed by atoms with van der Waals surface area (Å²) in [6.45, 7) is 5.55. The van der Waals surface area contributed by atoms with Gasteiger partial charge in [-0.05, 0) is 17.7 Å². The van der Waals surface area contributed by atoms with Crippen LogP contribution in [-0.2, 0) is 16.1 Å². The van der Waals surface area contributed by atoms with Gasteiger partial charge in [-0.3, -0.25) is 9.69 Å². The monoisotopic (exact) mass is 339 g/mol. The van der Waals surface area contributed by atoms with Crippen molar-refractivity contribution in [2.75, 3.05) is 45.9 Å². The number of halogens is 2. The first kappa shape index (κ1) is 17.3. The Bertz CT molecular complexity index is 571. The third kappa shape index (κ3) is 4.49. The van der Waals surface area contributed by atoms with Crippen LogP contribution in [0.15, 0.2) is 18.2 Å². The summed E-state index contributed by atoms with van der Waals surface area (Å²) in [7, 11) is 0. The van der Waals surface area contributed by atoms with Crippen molar-refractivity contribution in [3.8, 4) is 0 Å². The maximum atomic E-state index is 13.3. The normalized spacial score (nSPS) is 22.6. The number of nitrogens with zero attached hydrogens (tertiary/aromatic N) is 2. The number of morpholine rings is 1. The molecule has 0 unspecified atom stereocenters. The number of ether oxygens (including phenoxy) is 1. The van der Waals surface area contributed by atoms with Gasteiger partial charge in [-0.25, -0.2) is 8.78 Å². The van der Waals surface area contributed by atoms with E-state index in [9.17, 15) is 13.6 Å². The Hall–Kier alpha value is -1.57. The highest BCUT2D eigenvalue weighted by Crippen LogP contribution is 2.14. The van der Waals surface area contributed by atoms with Gasteiger partial charge >= 0.3 is 0 Å². The van der Waals surface area contributed by atoms with E-state index in [0.29, 0.717) is 32.7 Å². The number of hydrogen-bond acceptors (Lipinski definition) is 4. The molecule has 1 aromatic carbocycles. The van der Waals surface area contributed by atoms with Crippen LogP contribution in [0, 0.1) is 11.6 Å². The van der Waals surface area contributed by atoms with Crippen molar-refractivity contribution >= 4 is 5.91 Å². The number of rotatable bonds is 4. The van der Waals surface area contributed by atoms with Crippen molar-refractivity contribution in [1.82, 2.24) is 15.1 Å². The molecule has 2 heterocycles. The molecule has 7 heteroatoms. The smallest absolute Gasteiger partial charge is 0.225 e. The zero-order valence-corrected chi connectivity index (χ0v) is 13.6. The summed E-state index contributed by atoms with van der Waals surface area (Å²) < 4.78 is 31.8. The largest absolute Gasteiger partial charge is 0.375 e. The fourth-order valence-electron chi connectivity index (χ4n) is 3.13. The molecule has 5 nitrogen and oxygen atoms in total. The fraction of sp³-hybridized carbons (Fsp3) is 0.588. The van der Waals surface area contributed by atoms with E-state index in [1.807, 2.05) is 4.90 Å². The summed E-state index contributed by atoms with van der Waals surface area (Å²) in [5.74, 6) is -1.52. The summed E-state index contributed by atoms with van der Waals surface area (Å²) in [5, 5.41) is 3.22. The van der Waals surface area contributed by atoms with E-state index in [1.165, 1.54) is 6.07 Å². The third-order valence-corrected chi connectivity index (χ3v) is 4.52. The topological polar surface area (TPSA) is 44.8 Å². The van der Waals surface area contributed by atoms with Gasteiger partial charge in [-0.2, -0.15) is 0 Å². The van der Waals surface area contributed by atoms with E-state index in [2.05, 4.69) is 10.2 Å². The van der Waals surface area contributed by atoms with Gasteiger partial charge in [-0.1, -0.05) is 6.07 Å². The van der Waals surface area contributed by atoms with E-state index in [0.717, 1.165) is 37.8 Å². The molecule has 132 valence electrons. The van der Waals surface area contributed by atoms with Crippen molar-refractivity contribution in [3.63, 3.8) is 0 Å². The highest BCUT2D eigenvalue weighted by molar-refractivity contribution is 5.76. The average Bonchev–Trinajstić information content (AvgIpc) is 2.60. The van der Waals surface area contributed by atoms with Crippen LogP contribution in [-0.4, -0.2) is 67.7 Å². The number of piperazine rings is 1. The Balaban J connectivity index is 1.44. The Morgan fingerprint density at radius 2 is 2.00 bits per heavy atom. The number of carbonyl (C=O) groups excluding carboxylic acids is 1. The molecule has 2 aliphatic heterocycles. The molecule has 1 atom stereocenters. The van der Waals surface area contributed by atoms with Crippen LogP contribution >= 0.6 is 0 Å². The first-order valence-corrected chi connectivity index (χ1v) is 8.38. The Morgan fingerprint density at radius 3 is 2.67 bits per heavy atom. The predicted molar refractivity (Wildman–Crippen MR) is 85.4 cm³/mol. The molecule has 2 fully saturated rings. The van der Waals surface area contributed by atoms with Gasteiger partial charge in [0.05, 0.1) is 19.1 Å². The van der Waals surface area contributed by atoms with Crippen molar-refractivity contribution in [2.24, 2.45) is 0 Å². The minimum atomic E-state index is -0.825. The molecule has 0 saturated carbocycles. The highest BCUT2D eigenvalue weighted by atomic mass is 19.2. The van der Waals surface area contributed by atoms with Crippen LogP contribution in [0.5, 0.6) is 0 Å². The highest BCUT2D eigenvalue weighted by Gasteiger charge is 2.25. The van der Waals surface area contributed by atoms with Crippen LogP contribution in [0.4, 0.5) is 8.78 Å². The molecule has 2 aliphatic rings. The second-order valence-electron chi connectivity index (χ2n) is 6.31. The van der Waals surface area contributed by atoms with E-state index in [-0.39, 0.29) is 12.0 Å². The number of benzene rings is 1. The van der Waals surface area contributed by atoms with Crippen LogP contribution in [0.2, 0.25) is 0 Å². The second kappa shape index (κ2) is 8.00. The summed E-state index contributed by atoms with van der Waals surface area (Å²) in [5.41, 5.74) is 0.746. The minimum absolute atomic E-state index is 0.0357. The standard InChI is InChI=1S/C17H23F2N3O2/c18-15-2-1-13(9-16(15)19)12-21-4-6-22(7-5-21)17(23)10-14-11-20-3-8-24-14/h1-2,9,14,20H,3-8,10-12H2/t14-/m0/s1. The van der Waals surface area contributed by atoms with Crippen LogP contribution < -0.4 is 5.32 Å². The number of nitrogens with one attached hydrogen (secondary N) is 1. The molecule has 3 rings (SSSR count). The van der Waals surface area contributed by atoms with Gasteiger partial charge in [-0.15, -0.1) is 0 Å². The fourth-order valence-corrected chi connectivity index (χ4v) is 3.13. The Labute approximate surface area is 140 Å². The van der Waals surface area contributed by atoms with Crippen molar-refractivity contribution in [1.29, 1.82) is 0 Å². The third-order valence-electron chi connectivity index (χ3n) is 4.52. The van der Waals surface area contributed by atoms with Crippen LogP contribution in [0.25, 0.3) is 0 Å². The minimum Gasteiger partial charge on any atom is -0.375 e. The summed E-state index contributed by atoms with van der Waals surface area (Å²) >= 11 is 0. The Morgan fingerprint density at radius 1 is 1.21 bits per heavy atom. The summed E-state index contributed by atoms with van der Waals surface area (Å²) in [6.07, 6.45) is 0.377. The molecule has 0 aliphatic carbocycles. The quantitative estimate of drug-likeness (QED) is 0.889. The lowest BCUT2D eigenvalue weighted by atomic mass is 10.1. The molecule has 0 aromatic heterocycles.